The maximum Gasteiger partial charge on any atom is 0.337 e. The van der Waals surface area contributed by atoms with Gasteiger partial charge in [-0.2, -0.15) is 0 Å². The Balaban J connectivity index is 2.29. The Kier molecular flexibility index (Phi) is 4.74. The van der Waals surface area contributed by atoms with Crippen molar-refractivity contribution < 1.29 is 19.9 Å². The van der Waals surface area contributed by atoms with Crippen LogP contribution in [0.25, 0.3) is 0 Å². The predicted octanol–water partition coefficient (Wildman–Crippen LogP) is 2.26. The molecule has 1 aliphatic carbocycles. The molecule has 21 heavy (non-hydrogen) atoms. The van der Waals surface area contributed by atoms with E-state index in [2.05, 4.69) is 5.32 Å². The van der Waals surface area contributed by atoms with Crippen LogP contribution in [0.15, 0.2) is 18.2 Å². The van der Waals surface area contributed by atoms with Gasteiger partial charge in [-0.25, -0.2) is 4.79 Å². The van der Waals surface area contributed by atoms with Crippen molar-refractivity contribution in [3.63, 3.8) is 0 Å². The fourth-order valence-corrected chi connectivity index (χ4v) is 2.77. The standard InChI is InChI=1S/C14H18N2O5/c17-8-9-3-1-2-4-12(9)15-13-7-10(16(20)21)5-6-11(13)14(18)19/h5-7,9,12,15,17H,1-4,8H2,(H,18,19). The molecule has 2 atom stereocenters. The second kappa shape index (κ2) is 6.53. The molecular formula is C14H18N2O5. The first-order valence-electron chi connectivity index (χ1n) is 6.92. The normalized spacial score (nSPS) is 21.8. The van der Waals surface area contributed by atoms with Crippen LogP contribution < -0.4 is 5.32 Å². The summed E-state index contributed by atoms with van der Waals surface area (Å²) in [6.07, 6.45) is 3.70. The number of carboxylic acids is 1. The highest BCUT2D eigenvalue weighted by atomic mass is 16.6. The highest BCUT2D eigenvalue weighted by Gasteiger charge is 2.26. The van der Waals surface area contributed by atoms with Crippen molar-refractivity contribution in [2.45, 2.75) is 31.7 Å². The van der Waals surface area contributed by atoms with E-state index in [1.807, 2.05) is 0 Å². The van der Waals surface area contributed by atoms with Gasteiger partial charge in [0.1, 0.15) is 0 Å². The van der Waals surface area contributed by atoms with E-state index in [4.69, 9.17) is 0 Å². The number of aliphatic hydroxyl groups excluding tert-OH is 1. The number of non-ortho nitro benzene ring substituents is 1. The van der Waals surface area contributed by atoms with Crippen molar-refractivity contribution in [2.75, 3.05) is 11.9 Å². The number of hydrogen-bond acceptors (Lipinski definition) is 5. The van der Waals surface area contributed by atoms with Gasteiger partial charge >= 0.3 is 5.97 Å². The van der Waals surface area contributed by atoms with Gasteiger partial charge in [0.15, 0.2) is 0 Å². The molecule has 2 rings (SSSR count). The summed E-state index contributed by atoms with van der Waals surface area (Å²) in [5.41, 5.74) is 0.0868. The lowest BCUT2D eigenvalue weighted by Crippen LogP contribution is -2.34. The Morgan fingerprint density at radius 2 is 2.10 bits per heavy atom. The first-order valence-corrected chi connectivity index (χ1v) is 6.92. The second-order valence-electron chi connectivity index (χ2n) is 5.27. The molecule has 3 N–H and O–H groups in total. The highest BCUT2D eigenvalue weighted by Crippen LogP contribution is 2.30. The molecule has 1 aromatic rings. The number of rotatable bonds is 5. The Morgan fingerprint density at radius 3 is 2.71 bits per heavy atom. The maximum atomic E-state index is 11.2. The molecule has 0 aliphatic heterocycles. The molecule has 0 amide bonds. The molecule has 0 aromatic heterocycles. The average molecular weight is 294 g/mol. The third kappa shape index (κ3) is 3.49. The monoisotopic (exact) mass is 294 g/mol. The fourth-order valence-electron chi connectivity index (χ4n) is 2.77. The number of anilines is 1. The van der Waals surface area contributed by atoms with Crippen LogP contribution in [0.3, 0.4) is 0 Å². The Labute approximate surface area is 121 Å². The third-order valence-corrected chi connectivity index (χ3v) is 3.93. The number of carbonyl (C=O) groups is 1. The van der Waals surface area contributed by atoms with Crippen LogP contribution in [-0.2, 0) is 0 Å². The minimum absolute atomic E-state index is 0.00265. The number of benzene rings is 1. The molecule has 0 bridgehead atoms. The van der Waals surface area contributed by atoms with Crippen molar-refractivity contribution in [1.29, 1.82) is 0 Å². The third-order valence-electron chi connectivity index (χ3n) is 3.93. The quantitative estimate of drug-likeness (QED) is 0.567. The van der Waals surface area contributed by atoms with Crippen LogP contribution >= 0.6 is 0 Å². The molecule has 114 valence electrons. The van der Waals surface area contributed by atoms with Gasteiger partial charge in [-0.1, -0.05) is 12.8 Å². The summed E-state index contributed by atoms with van der Waals surface area (Å²) in [6, 6.07) is 3.59. The number of aliphatic hydroxyl groups is 1. The van der Waals surface area contributed by atoms with Crippen molar-refractivity contribution in [3.05, 3.63) is 33.9 Å². The first kappa shape index (κ1) is 15.2. The van der Waals surface area contributed by atoms with E-state index in [0.29, 0.717) is 0 Å². The van der Waals surface area contributed by atoms with Crippen LogP contribution in [0.5, 0.6) is 0 Å². The van der Waals surface area contributed by atoms with Crippen molar-refractivity contribution in [3.8, 4) is 0 Å². The second-order valence-corrected chi connectivity index (χ2v) is 5.27. The van der Waals surface area contributed by atoms with Gasteiger partial charge in [-0.05, 0) is 18.9 Å². The zero-order valence-corrected chi connectivity index (χ0v) is 11.5. The number of nitrogens with zero attached hydrogens (tertiary/aromatic N) is 1. The summed E-state index contributed by atoms with van der Waals surface area (Å²) in [6.45, 7) is 0.0228. The van der Waals surface area contributed by atoms with Gasteiger partial charge < -0.3 is 15.5 Å². The van der Waals surface area contributed by atoms with E-state index >= 15 is 0 Å². The molecule has 1 aliphatic rings. The Hall–Kier alpha value is -2.15. The first-order chi connectivity index (χ1) is 10.0. The largest absolute Gasteiger partial charge is 0.478 e. The molecular weight excluding hydrogens is 276 g/mol. The van der Waals surface area contributed by atoms with Gasteiger partial charge in [0.2, 0.25) is 0 Å². The maximum absolute atomic E-state index is 11.2. The number of hydrogen-bond donors (Lipinski definition) is 3. The number of aromatic carboxylic acids is 1. The molecule has 7 nitrogen and oxygen atoms in total. The summed E-state index contributed by atoms with van der Waals surface area (Å²) in [5.74, 6) is -1.09. The fraction of sp³-hybridized carbons (Fsp3) is 0.500. The zero-order valence-electron chi connectivity index (χ0n) is 11.5. The predicted molar refractivity (Wildman–Crippen MR) is 76.5 cm³/mol. The van der Waals surface area contributed by atoms with Crippen molar-refractivity contribution in [2.24, 2.45) is 5.92 Å². The molecule has 0 heterocycles. The van der Waals surface area contributed by atoms with Crippen LogP contribution in [0.2, 0.25) is 0 Å². The smallest absolute Gasteiger partial charge is 0.337 e. The molecule has 2 unspecified atom stereocenters. The Bertz CT molecular complexity index is 546. The van der Waals surface area contributed by atoms with E-state index in [9.17, 15) is 25.1 Å². The lowest BCUT2D eigenvalue weighted by Gasteiger charge is -2.32. The lowest BCUT2D eigenvalue weighted by atomic mass is 9.85. The van der Waals surface area contributed by atoms with Crippen LogP contribution in [0.1, 0.15) is 36.0 Å². The van der Waals surface area contributed by atoms with E-state index in [0.717, 1.165) is 25.7 Å². The van der Waals surface area contributed by atoms with Crippen molar-refractivity contribution >= 4 is 17.3 Å². The summed E-state index contributed by atoms with van der Waals surface area (Å²) < 4.78 is 0. The van der Waals surface area contributed by atoms with Gasteiger partial charge in [-0.15, -0.1) is 0 Å². The zero-order chi connectivity index (χ0) is 15.4. The summed E-state index contributed by atoms with van der Waals surface area (Å²) in [5, 5.41) is 32.5. The van der Waals surface area contributed by atoms with Crippen LogP contribution in [0, 0.1) is 16.0 Å². The number of carboxylic acid groups (broad SMARTS) is 1. The minimum atomic E-state index is -1.14. The summed E-state index contributed by atoms with van der Waals surface area (Å²) in [4.78, 5) is 21.5. The van der Waals surface area contributed by atoms with Crippen LogP contribution in [-0.4, -0.2) is 33.8 Å². The highest BCUT2D eigenvalue weighted by molar-refractivity contribution is 5.94. The van der Waals surface area contributed by atoms with E-state index < -0.39 is 10.9 Å². The topological polar surface area (TPSA) is 113 Å². The van der Waals surface area contributed by atoms with Crippen LogP contribution in [0.4, 0.5) is 11.4 Å². The molecule has 0 radical (unpaired) electrons. The lowest BCUT2D eigenvalue weighted by molar-refractivity contribution is -0.384. The van der Waals surface area contributed by atoms with Gasteiger partial charge in [0.05, 0.1) is 16.2 Å². The van der Waals surface area contributed by atoms with Gasteiger partial charge in [0.25, 0.3) is 5.69 Å². The molecule has 0 saturated heterocycles. The summed E-state index contributed by atoms with van der Waals surface area (Å²) >= 11 is 0. The SMILES string of the molecule is O=C(O)c1ccc([N+](=O)[O-])cc1NC1CCCCC1CO. The van der Waals surface area contributed by atoms with Crippen molar-refractivity contribution in [1.82, 2.24) is 0 Å². The average Bonchev–Trinajstić information content (AvgIpc) is 2.47. The molecule has 7 heteroatoms. The molecule has 1 aromatic carbocycles. The number of nitro groups is 1. The summed E-state index contributed by atoms with van der Waals surface area (Å²) in [7, 11) is 0. The molecule has 1 saturated carbocycles. The van der Waals surface area contributed by atoms with E-state index in [1.165, 1.54) is 18.2 Å². The molecule has 1 fully saturated rings. The minimum Gasteiger partial charge on any atom is -0.478 e. The van der Waals surface area contributed by atoms with E-state index in [-0.39, 0.29) is 35.5 Å². The number of nitro benzene ring substituents is 1. The Morgan fingerprint density at radius 1 is 1.38 bits per heavy atom. The van der Waals surface area contributed by atoms with Gasteiger partial charge in [-0.3, -0.25) is 10.1 Å². The molecule has 0 spiro atoms. The van der Waals surface area contributed by atoms with E-state index in [1.54, 1.807) is 0 Å². The van der Waals surface area contributed by atoms with Gasteiger partial charge in [0, 0.05) is 30.7 Å². The number of nitrogens with one attached hydrogen (secondary N) is 1.